The molecule has 1 aromatic carbocycles. The van der Waals surface area contributed by atoms with E-state index in [1.54, 1.807) is 21.3 Å². The third-order valence-electron chi connectivity index (χ3n) is 5.11. The quantitative estimate of drug-likeness (QED) is 0.438. The number of aryl methyl sites for hydroxylation is 1. The molecule has 3 rings (SSSR count). The van der Waals surface area contributed by atoms with E-state index in [4.69, 9.17) is 18.9 Å². The summed E-state index contributed by atoms with van der Waals surface area (Å²) < 4.78 is 21.9. The summed E-state index contributed by atoms with van der Waals surface area (Å²) in [5.74, 6) is 2.69. The maximum absolute atomic E-state index is 13.0. The SMILES string of the molecule is COCc1nc(OC)c2c(C)c(C(=O)NCc3ccc(OCCC(C)C)c(OC)c3)sc2n1. The zero-order chi connectivity index (χ0) is 24.0. The van der Waals surface area contributed by atoms with Crippen molar-refractivity contribution in [2.75, 3.05) is 27.9 Å². The van der Waals surface area contributed by atoms with E-state index in [1.165, 1.54) is 11.3 Å². The summed E-state index contributed by atoms with van der Waals surface area (Å²) in [5.41, 5.74) is 1.70. The van der Waals surface area contributed by atoms with Crippen molar-refractivity contribution in [2.45, 2.75) is 40.3 Å². The van der Waals surface area contributed by atoms with E-state index in [2.05, 4.69) is 29.1 Å². The minimum atomic E-state index is -0.179. The Hall–Kier alpha value is -2.91. The molecule has 0 atom stereocenters. The lowest BCUT2D eigenvalue weighted by molar-refractivity contribution is 0.0954. The number of rotatable bonds is 11. The summed E-state index contributed by atoms with van der Waals surface area (Å²) in [6.45, 7) is 7.45. The van der Waals surface area contributed by atoms with Crippen LogP contribution in [0, 0.1) is 12.8 Å². The highest BCUT2D eigenvalue weighted by atomic mass is 32.1. The first-order valence-electron chi connectivity index (χ1n) is 10.8. The van der Waals surface area contributed by atoms with Crippen molar-refractivity contribution >= 4 is 27.5 Å². The van der Waals surface area contributed by atoms with Gasteiger partial charge in [-0.3, -0.25) is 4.79 Å². The predicted octanol–water partition coefficient (Wildman–Crippen LogP) is 4.52. The number of benzene rings is 1. The van der Waals surface area contributed by atoms with Crippen LogP contribution in [0.15, 0.2) is 18.2 Å². The fourth-order valence-electron chi connectivity index (χ4n) is 3.31. The van der Waals surface area contributed by atoms with E-state index in [1.807, 2.05) is 25.1 Å². The zero-order valence-corrected chi connectivity index (χ0v) is 20.8. The Bertz CT molecular complexity index is 1110. The number of aromatic nitrogens is 2. The molecule has 0 fully saturated rings. The molecule has 0 saturated heterocycles. The number of carbonyl (C=O) groups excluding carboxylic acids is 1. The van der Waals surface area contributed by atoms with Crippen LogP contribution in [-0.4, -0.2) is 43.8 Å². The zero-order valence-electron chi connectivity index (χ0n) is 20.0. The smallest absolute Gasteiger partial charge is 0.261 e. The molecule has 1 amide bonds. The van der Waals surface area contributed by atoms with Gasteiger partial charge in [-0.1, -0.05) is 19.9 Å². The van der Waals surface area contributed by atoms with Gasteiger partial charge in [-0.15, -0.1) is 11.3 Å². The maximum Gasteiger partial charge on any atom is 0.261 e. The molecule has 0 aliphatic carbocycles. The lowest BCUT2D eigenvalue weighted by Crippen LogP contribution is -2.22. The van der Waals surface area contributed by atoms with Gasteiger partial charge in [0, 0.05) is 13.7 Å². The van der Waals surface area contributed by atoms with Crippen molar-refractivity contribution in [3.05, 3.63) is 40.0 Å². The second-order valence-corrected chi connectivity index (χ2v) is 9.02. The number of nitrogens with zero attached hydrogens (tertiary/aromatic N) is 2. The van der Waals surface area contributed by atoms with Crippen LogP contribution < -0.4 is 19.5 Å². The van der Waals surface area contributed by atoms with Gasteiger partial charge in [0.1, 0.15) is 11.4 Å². The summed E-state index contributed by atoms with van der Waals surface area (Å²) in [7, 11) is 4.75. The molecule has 9 heteroatoms. The van der Waals surface area contributed by atoms with Crippen LogP contribution in [0.2, 0.25) is 0 Å². The van der Waals surface area contributed by atoms with E-state index in [0.717, 1.165) is 22.9 Å². The van der Waals surface area contributed by atoms with Gasteiger partial charge in [-0.2, -0.15) is 4.98 Å². The second kappa shape index (κ2) is 11.3. The normalized spacial score (nSPS) is 11.1. The lowest BCUT2D eigenvalue weighted by Gasteiger charge is -2.13. The van der Waals surface area contributed by atoms with E-state index in [0.29, 0.717) is 52.0 Å². The van der Waals surface area contributed by atoms with Crippen LogP contribution in [0.25, 0.3) is 10.2 Å². The minimum absolute atomic E-state index is 0.179. The molecular weight excluding hydrogens is 442 g/mol. The highest BCUT2D eigenvalue weighted by Crippen LogP contribution is 2.35. The molecule has 2 heterocycles. The minimum Gasteiger partial charge on any atom is -0.493 e. The molecule has 0 unspecified atom stereocenters. The number of amides is 1. The van der Waals surface area contributed by atoms with Crippen molar-refractivity contribution in [2.24, 2.45) is 5.92 Å². The van der Waals surface area contributed by atoms with Gasteiger partial charge < -0.3 is 24.3 Å². The molecule has 8 nitrogen and oxygen atoms in total. The Morgan fingerprint density at radius 3 is 2.58 bits per heavy atom. The molecule has 0 aliphatic heterocycles. The molecular formula is C24H31N3O5S. The number of carbonyl (C=O) groups is 1. The Labute approximate surface area is 198 Å². The molecule has 1 N–H and O–H groups in total. The Morgan fingerprint density at radius 1 is 1.12 bits per heavy atom. The molecule has 0 spiro atoms. The summed E-state index contributed by atoms with van der Waals surface area (Å²) >= 11 is 1.31. The molecule has 3 aromatic rings. The van der Waals surface area contributed by atoms with Gasteiger partial charge in [-0.25, -0.2) is 4.98 Å². The van der Waals surface area contributed by atoms with Gasteiger partial charge in [0.05, 0.1) is 31.1 Å². The topological polar surface area (TPSA) is 91.8 Å². The summed E-state index contributed by atoms with van der Waals surface area (Å²) in [4.78, 5) is 23.1. The van der Waals surface area contributed by atoms with Crippen LogP contribution in [0.5, 0.6) is 17.4 Å². The van der Waals surface area contributed by atoms with E-state index in [-0.39, 0.29) is 12.5 Å². The third-order valence-corrected chi connectivity index (χ3v) is 6.29. The Balaban J connectivity index is 1.74. The first-order valence-corrected chi connectivity index (χ1v) is 11.6. The number of hydrogen-bond acceptors (Lipinski definition) is 8. The van der Waals surface area contributed by atoms with Gasteiger partial charge in [-0.05, 0) is 42.5 Å². The van der Waals surface area contributed by atoms with Gasteiger partial charge >= 0.3 is 0 Å². The van der Waals surface area contributed by atoms with Crippen LogP contribution in [0.4, 0.5) is 0 Å². The summed E-state index contributed by atoms with van der Waals surface area (Å²) in [5, 5.41) is 3.73. The lowest BCUT2D eigenvalue weighted by atomic mass is 10.1. The van der Waals surface area contributed by atoms with Crippen molar-refractivity contribution in [3.8, 4) is 17.4 Å². The van der Waals surface area contributed by atoms with Crippen LogP contribution in [0.1, 0.15) is 46.9 Å². The van der Waals surface area contributed by atoms with Crippen LogP contribution in [-0.2, 0) is 17.9 Å². The van der Waals surface area contributed by atoms with Gasteiger partial charge in [0.15, 0.2) is 17.3 Å². The number of thiophene rings is 1. The second-order valence-electron chi connectivity index (χ2n) is 8.02. The molecule has 178 valence electrons. The first kappa shape index (κ1) is 24.7. The number of methoxy groups -OCH3 is 3. The molecule has 33 heavy (non-hydrogen) atoms. The number of ether oxygens (including phenoxy) is 4. The summed E-state index contributed by atoms with van der Waals surface area (Å²) in [6, 6.07) is 5.69. The Morgan fingerprint density at radius 2 is 1.91 bits per heavy atom. The van der Waals surface area contributed by atoms with Crippen molar-refractivity contribution in [1.82, 2.24) is 15.3 Å². The monoisotopic (exact) mass is 473 g/mol. The van der Waals surface area contributed by atoms with Crippen molar-refractivity contribution < 1.29 is 23.7 Å². The fraction of sp³-hybridized carbons (Fsp3) is 0.458. The average Bonchev–Trinajstić information content (AvgIpc) is 3.13. The van der Waals surface area contributed by atoms with Crippen LogP contribution in [0.3, 0.4) is 0 Å². The number of hydrogen-bond donors (Lipinski definition) is 1. The van der Waals surface area contributed by atoms with Gasteiger partial charge in [0.2, 0.25) is 5.88 Å². The Kier molecular flexibility index (Phi) is 8.46. The average molecular weight is 474 g/mol. The molecule has 0 aliphatic rings. The number of fused-ring (bicyclic) bond motifs is 1. The fourth-order valence-corrected chi connectivity index (χ4v) is 4.42. The third kappa shape index (κ3) is 5.91. The van der Waals surface area contributed by atoms with E-state index in [9.17, 15) is 4.79 Å². The van der Waals surface area contributed by atoms with Crippen molar-refractivity contribution in [1.29, 1.82) is 0 Å². The van der Waals surface area contributed by atoms with E-state index >= 15 is 0 Å². The molecule has 0 radical (unpaired) electrons. The van der Waals surface area contributed by atoms with Crippen LogP contribution >= 0.6 is 11.3 Å². The highest BCUT2D eigenvalue weighted by molar-refractivity contribution is 7.20. The maximum atomic E-state index is 13.0. The molecule has 0 bridgehead atoms. The highest BCUT2D eigenvalue weighted by Gasteiger charge is 2.21. The standard InChI is InChI=1S/C24H31N3O5S/c1-14(2)9-10-32-17-8-7-16(11-18(17)30-5)12-25-22(28)21-15(3)20-23(31-6)26-19(13-29-4)27-24(20)33-21/h7-8,11,14H,9-10,12-13H2,1-6H3,(H,25,28). The van der Waals surface area contributed by atoms with Crippen molar-refractivity contribution in [3.63, 3.8) is 0 Å². The first-order chi connectivity index (χ1) is 15.9. The molecule has 0 saturated carbocycles. The largest absolute Gasteiger partial charge is 0.493 e. The summed E-state index contributed by atoms with van der Waals surface area (Å²) in [6.07, 6.45) is 0.970. The predicted molar refractivity (Wildman–Crippen MR) is 129 cm³/mol. The number of nitrogens with one attached hydrogen (secondary N) is 1. The van der Waals surface area contributed by atoms with Gasteiger partial charge in [0.25, 0.3) is 5.91 Å². The van der Waals surface area contributed by atoms with E-state index < -0.39 is 0 Å². The molecule has 2 aromatic heterocycles.